The summed E-state index contributed by atoms with van der Waals surface area (Å²) in [6, 6.07) is 21.1. The number of pyridine rings is 1. The molecule has 2 amide bonds. The van der Waals surface area contributed by atoms with E-state index in [4.69, 9.17) is 9.72 Å². The van der Waals surface area contributed by atoms with Crippen LogP contribution in [0.3, 0.4) is 0 Å². The van der Waals surface area contributed by atoms with E-state index in [-0.39, 0.29) is 6.03 Å². The maximum Gasteiger partial charge on any atom is 0.320 e. The van der Waals surface area contributed by atoms with Gasteiger partial charge in [-0.05, 0) is 42.8 Å². The van der Waals surface area contributed by atoms with Crippen molar-refractivity contribution in [2.75, 3.05) is 12.4 Å². The van der Waals surface area contributed by atoms with Gasteiger partial charge in [-0.2, -0.15) is 0 Å². The Kier molecular flexibility index (Phi) is 5.16. The summed E-state index contributed by atoms with van der Waals surface area (Å²) < 4.78 is 7.04. The number of benzene rings is 2. The maximum atomic E-state index is 12.6. The van der Waals surface area contributed by atoms with Gasteiger partial charge in [0.2, 0.25) is 0 Å². The lowest BCUT2D eigenvalue weighted by atomic mass is 10.1. The van der Waals surface area contributed by atoms with Crippen molar-refractivity contribution in [1.82, 2.24) is 14.7 Å². The monoisotopic (exact) mass is 386 g/mol. The number of aryl methyl sites for hydroxylation is 1. The number of aromatic nitrogens is 2. The molecule has 2 aromatic heterocycles. The topological polar surface area (TPSA) is 67.7 Å². The van der Waals surface area contributed by atoms with Crippen molar-refractivity contribution in [3.05, 3.63) is 84.1 Å². The van der Waals surface area contributed by atoms with Crippen molar-refractivity contribution < 1.29 is 9.53 Å². The minimum atomic E-state index is -0.291. The molecule has 2 aromatic carbocycles. The predicted molar refractivity (Wildman–Crippen MR) is 114 cm³/mol. The molecule has 6 nitrogen and oxygen atoms in total. The Hall–Kier alpha value is -3.80. The van der Waals surface area contributed by atoms with Gasteiger partial charge in [0.15, 0.2) is 0 Å². The summed E-state index contributed by atoms with van der Waals surface area (Å²) in [7, 11) is 1.63. The Morgan fingerprint density at radius 1 is 1.07 bits per heavy atom. The van der Waals surface area contributed by atoms with Crippen molar-refractivity contribution in [2.45, 2.75) is 13.5 Å². The first-order valence-electron chi connectivity index (χ1n) is 9.36. The summed E-state index contributed by atoms with van der Waals surface area (Å²) >= 11 is 0. The zero-order chi connectivity index (χ0) is 20.2. The molecule has 146 valence electrons. The molecule has 4 rings (SSSR count). The van der Waals surface area contributed by atoms with Gasteiger partial charge in [0.25, 0.3) is 0 Å². The first-order valence-corrected chi connectivity index (χ1v) is 9.36. The fraction of sp³-hybridized carbons (Fsp3) is 0.130. The number of ether oxygens (including phenoxy) is 1. The number of carbonyl (C=O) groups excluding carboxylic acids is 1. The van der Waals surface area contributed by atoms with Crippen LogP contribution in [0.1, 0.15) is 11.1 Å². The highest BCUT2D eigenvalue weighted by molar-refractivity contribution is 5.93. The molecule has 0 aliphatic carbocycles. The van der Waals surface area contributed by atoms with E-state index < -0.39 is 0 Å². The van der Waals surface area contributed by atoms with Crippen molar-refractivity contribution in [2.24, 2.45) is 0 Å². The highest BCUT2D eigenvalue weighted by atomic mass is 16.5. The second kappa shape index (κ2) is 8.06. The number of rotatable bonds is 5. The number of carbonyl (C=O) groups is 1. The van der Waals surface area contributed by atoms with Crippen molar-refractivity contribution in [1.29, 1.82) is 0 Å². The number of amides is 2. The Bertz CT molecular complexity index is 1150. The van der Waals surface area contributed by atoms with Crippen LogP contribution in [0.2, 0.25) is 0 Å². The molecular formula is C23H22N4O2. The average Bonchev–Trinajstić information content (AvgIpc) is 3.11. The summed E-state index contributed by atoms with van der Waals surface area (Å²) in [6.07, 6.45) is 1.89. The van der Waals surface area contributed by atoms with E-state index in [2.05, 4.69) is 16.7 Å². The minimum Gasteiger partial charge on any atom is -0.497 e. The van der Waals surface area contributed by atoms with Crippen LogP contribution < -0.4 is 15.4 Å². The number of hydrogen-bond donors (Lipinski definition) is 2. The van der Waals surface area contributed by atoms with Gasteiger partial charge in [-0.1, -0.05) is 42.0 Å². The molecule has 0 saturated heterocycles. The van der Waals surface area contributed by atoms with Crippen molar-refractivity contribution >= 4 is 17.5 Å². The molecule has 4 aromatic rings. The van der Waals surface area contributed by atoms with E-state index in [0.717, 1.165) is 33.8 Å². The molecule has 0 bridgehead atoms. The largest absolute Gasteiger partial charge is 0.497 e. The van der Waals surface area contributed by atoms with Crippen LogP contribution in [-0.4, -0.2) is 22.5 Å². The first kappa shape index (κ1) is 18.6. The summed E-state index contributed by atoms with van der Waals surface area (Å²) in [6.45, 7) is 2.44. The van der Waals surface area contributed by atoms with Gasteiger partial charge in [-0.3, -0.25) is 9.72 Å². The van der Waals surface area contributed by atoms with E-state index in [1.165, 1.54) is 0 Å². The molecule has 0 atom stereocenters. The molecule has 0 aliphatic rings. The molecule has 0 spiro atoms. The van der Waals surface area contributed by atoms with Crippen LogP contribution >= 0.6 is 0 Å². The number of imidazole rings is 1. The van der Waals surface area contributed by atoms with Crippen LogP contribution in [0.15, 0.2) is 72.9 Å². The third-order valence-electron chi connectivity index (χ3n) is 4.67. The van der Waals surface area contributed by atoms with Crippen molar-refractivity contribution in [3.8, 4) is 17.0 Å². The molecule has 0 aliphatic heterocycles. The summed E-state index contributed by atoms with van der Waals surface area (Å²) in [5, 5.41) is 5.87. The Balaban J connectivity index is 1.57. The Labute approximate surface area is 169 Å². The Morgan fingerprint density at radius 3 is 2.66 bits per heavy atom. The van der Waals surface area contributed by atoms with E-state index in [1.807, 2.05) is 78.2 Å². The van der Waals surface area contributed by atoms with Crippen LogP contribution in [0.25, 0.3) is 16.9 Å². The lowest BCUT2D eigenvalue weighted by molar-refractivity contribution is 0.251. The zero-order valence-electron chi connectivity index (χ0n) is 16.3. The van der Waals surface area contributed by atoms with Gasteiger partial charge >= 0.3 is 6.03 Å². The van der Waals surface area contributed by atoms with Crippen LogP contribution in [0, 0.1) is 6.92 Å². The quantitative estimate of drug-likeness (QED) is 0.525. The lowest BCUT2D eigenvalue weighted by Gasteiger charge is -2.10. The number of anilines is 1. The smallest absolute Gasteiger partial charge is 0.320 e. The van der Waals surface area contributed by atoms with Crippen LogP contribution in [0.5, 0.6) is 5.75 Å². The van der Waals surface area contributed by atoms with E-state index in [9.17, 15) is 4.79 Å². The number of urea groups is 1. The minimum absolute atomic E-state index is 0.291. The predicted octanol–water partition coefficient (Wildman–Crippen LogP) is 4.64. The lowest BCUT2D eigenvalue weighted by Crippen LogP contribution is -2.28. The number of fused-ring (bicyclic) bond motifs is 1. The first-order chi connectivity index (χ1) is 14.1. The number of nitrogens with zero attached hydrogens (tertiary/aromatic N) is 2. The van der Waals surface area contributed by atoms with E-state index in [1.54, 1.807) is 7.11 Å². The summed E-state index contributed by atoms with van der Waals surface area (Å²) in [5.74, 6) is 1.42. The second-order valence-electron chi connectivity index (χ2n) is 6.76. The molecule has 0 fully saturated rings. The molecule has 0 radical (unpaired) electrons. The highest BCUT2D eigenvalue weighted by Gasteiger charge is 2.16. The molecule has 2 heterocycles. The zero-order valence-corrected chi connectivity index (χ0v) is 16.3. The highest BCUT2D eigenvalue weighted by Crippen LogP contribution is 2.29. The van der Waals surface area contributed by atoms with Crippen LogP contribution in [0.4, 0.5) is 10.6 Å². The number of methoxy groups -OCH3 is 1. The van der Waals surface area contributed by atoms with Crippen molar-refractivity contribution in [3.63, 3.8) is 0 Å². The fourth-order valence-corrected chi connectivity index (χ4v) is 3.19. The standard InChI is InChI=1S/C23H22N4O2/c1-16-6-5-7-18(14-16)21-22(27-13-4-3-8-20(27)25-21)26-23(28)24-15-17-9-11-19(29-2)12-10-17/h3-14H,15H2,1-2H3,(H2,24,26,28). The van der Waals surface area contributed by atoms with Gasteiger partial charge in [-0.15, -0.1) is 0 Å². The summed E-state index contributed by atoms with van der Waals surface area (Å²) in [5.41, 5.74) is 4.58. The molecule has 29 heavy (non-hydrogen) atoms. The SMILES string of the molecule is COc1ccc(CNC(=O)Nc2c(-c3cccc(C)c3)nc3ccccn23)cc1. The van der Waals surface area contributed by atoms with Gasteiger partial charge in [0.05, 0.1) is 7.11 Å². The van der Waals surface area contributed by atoms with Gasteiger partial charge < -0.3 is 10.1 Å². The van der Waals surface area contributed by atoms with Gasteiger partial charge in [0, 0.05) is 18.3 Å². The second-order valence-corrected chi connectivity index (χ2v) is 6.76. The van der Waals surface area contributed by atoms with E-state index in [0.29, 0.717) is 12.4 Å². The average molecular weight is 386 g/mol. The molecule has 0 saturated carbocycles. The van der Waals surface area contributed by atoms with Gasteiger partial charge in [-0.25, -0.2) is 9.78 Å². The molecule has 6 heteroatoms. The number of hydrogen-bond acceptors (Lipinski definition) is 3. The third kappa shape index (κ3) is 4.06. The third-order valence-corrected chi connectivity index (χ3v) is 4.67. The van der Waals surface area contributed by atoms with Crippen LogP contribution in [-0.2, 0) is 6.54 Å². The molecular weight excluding hydrogens is 364 g/mol. The van der Waals surface area contributed by atoms with Gasteiger partial charge in [0.1, 0.15) is 22.9 Å². The molecule has 2 N–H and O–H groups in total. The molecule has 0 unspecified atom stereocenters. The van der Waals surface area contributed by atoms with E-state index >= 15 is 0 Å². The fourth-order valence-electron chi connectivity index (χ4n) is 3.19. The Morgan fingerprint density at radius 2 is 1.90 bits per heavy atom. The summed E-state index contributed by atoms with van der Waals surface area (Å²) in [4.78, 5) is 17.3. The maximum absolute atomic E-state index is 12.6. The normalized spacial score (nSPS) is 10.7. The number of nitrogens with one attached hydrogen (secondary N) is 2.